The van der Waals surface area contributed by atoms with Crippen LogP contribution in [-0.2, 0) is 18.3 Å². The van der Waals surface area contributed by atoms with Gasteiger partial charge in [-0.2, -0.15) is 0 Å². The van der Waals surface area contributed by atoms with E-state index in [1.807, 2.05) is 60.7 Å². The van der Waals surface area contributed by atoms with Crippen LogP contribution in [0.1, 0.15) is 33.1 Å². The van der Waals surface area contributed by atoms with E-state index < -0.39 is 23.3 Å². The van der Waals surface area contributed by atoms with Gasteiger partial charge in [-0.25, -0.2) is 9.59 Å². The Morgan fingerprint density at radius 3 is 2.08 bits per heavy atom. The summed E-state index contributed by atoms with van der Waals surface area (Å²) >= 11 is 0. The van der Waals surface area contributed by atoms with Crippen LogP contribution in [0.4, 0.5) is 11.5 Å². The minimum Gasteiger partial charge on any atom is -0.465 e. The van der Waals surface area contributed by atoms with Crippen molar-refractivity contribution in [3.8, 4) is 0 Å². The quantitative estimate of drug-likeness (QED) is 0.360. The van der Waals surface area contributed by atoms with Crippen LogP contribution in [0.5, 0.6) is 0 Å². The molecule has 9 nitrogen and oxygen atoms in total. The number of nitrogens with zero attached hydrogens (tertiary/aromatic N) is 4. The first-order valence-electron chi connectivity index (χ1n) is 13.2. The van der Waals surface area contributed by atoms with E-state index in [0.29, 0.717) is 24.2 Å². The van der Waals surface area contributed by atoms with Crippen LogP contribution in [0.3, 0.4) is 0 Å². The molecule has 9 heteroatoms. The lowest BCUT2D eigenvalue weighted by Crippen LogP contribution is -2.50. The molecule has 0 amide bonds. The Labute approximate surface area is 232 Å². The molecule has 1 saturated heterocycles. The number of aromatic nitrogens is 2. The van der Waals surface area contributed by atoms with Crippen LogP contribution < -0.4 is 21.9 Å². The minimum atomic E-state index is -0.522. The number of carbonyl (C=O) groups excluding carboxylic acids is 1. The predicted octanol–water partition coefficient (Wildman–Crippen LogP) is 2.88. The number of ether oxygens (including phenoxy) is 1. The van der Waals surface area contributed by atoms with E-state index in [2.05, 4.69) is 21.9 Å². The molecule has 5 rings (SSSR count). The summed E-state index contributed by atoms with van der Waals surface area (Å²) in [5.41, 5.74) is 9.40. The average Bonchev–Trinajstić information content (AvgIpc) is 3.01. The van der Waals surface area contributed by atoms with Crippen molar-refractivity contribution in [2.24, 2.45) is 7.05 Å². The number of anilines is 2. The number of carbonyl (C=O) groups is 1. The molecule has 0 unspecified atom stereocenters. The zero-order chi connectivity index (χ0) is 28.2. The Bertz CT molecular complexity index is 1590. The summed E-state index contributed by atoms with van der Waals surface area (Å²) in [5.74, 6) is -0.295. The van der Waals surface area contributed by atoms with Gasteiger partial charge in [0.25, 0.3) is 5.56 Å². The number of esters is 1. The number of hydrogen-bond acceptors (Lipinski definition) is 7. The SMILES string of the molecule is COC(=O)c1ccc([C@@H](c2c(N)n(Cc3ccccc3)c(=O)n(C)c2=O)N2CCN(c3ccccc3)CC2)cc1. The zero-order valence-corrected chi connectivity index (χ0v) is 22.7. The molecule has 0 spiro atoms. The molecular weight excluding hydrogens is 506 g/mol. The van der Waals surface area contributed by atoms with Crippen molar-refractivity contribution in [3.05, 3.63) is 128 Å². The summed E-state index contributed by atoms with van der Waals surface area (Å²) in [6, 6.07) is 26.3. The van der Waals surface area contributed by atoms with Crippen LogP contribution in [0.2, 0.25) is 0 Å². The Morgan fingerprint density at radius 1 is 0.875 bits per heavy atom. The summed E-state index contributed by atoms with van der Waals surface area (Å²) in [6.07, 6.45) is 0. The Balaban J connectivity index is 1.59. The number of para-hydroxylation sites is 1. The number of rotatable bonds is 7. The molecular formula is C31H33N5O4. The van der Waals surface area contributed by atoms with Crippen molar-refractivity contribution in [2.45, 2.75) is 12.6 Å². The van der Waals surface area contributed by atoms with E-state index in [1.54, 1.807) is 12.1 Å². The highest BCUT2D eigenvalue weighted by atomic mass is 16.5. The van der Waals surface area contributed by atoms with Gasteiger partial charge in [0.1, 0.15) is 5.82 Å². The summed E-state index contributed by atoms with van der Waals surface area (Å²) in [4.78, 5) is 43.6. The van der Waals surface area contributed by atoms with Gasteiger partial charge in [0.2, 0.25) is 0 Å². The fourth-order valence-electron chi connectivity index (χ4n) is 5.34. The van der Waals surface area contributed by atoms with E-state index in [-0.39, 0.29) is 12.4 Å². The number of benzene rings is 3. The molecule has 206 valence electrons. The number of methoxy groups -OCH3 is 1. The Morgan fingerprint density at radius 2 is 1.48 bits per heavy atom. The highest BCUT2D eigenvalue weighted by molar-refractivity contribution is 5.89. The molecule has 1 aromatic heterocycles. The fraction of sp³-hybridized carbons (Fsp3) is 0.258. The molecule has 1 aliphatic heterocycles. The molecule has 40 heavy (non-hydrogen) atoms. The molecule has 0 aliphatic carbocycles. The second-order valence-electron chi connectivity index (χ2n) is 9.89. The molecule has 0 saturated carbocycles. The normalized spacial score (nSPS) is 14.6. The highest BCUT2D eigenvalue weighted by Crippen LogP contribution is 2.32. The van der Waals surface area contributed by atoms with Crippen LogP contribution in [0, 0.1) is 0 Å². The summed E-state index contributed by atoms with van der Waals surface area (Å²) < 4.78 is 7.45. The maximum atomic E-state index is 13.7. The van der Waals surface area contributed by atoms with Crippen LogP contribution in [-0.4, -0.2) is 53.3 Å². The van der Waals surface area contributed by atoms with E-state index in [4.69, 9.17) is 10.5 Å². The van der Waals surface area contributed by atoms with Crippen molar-refractivity contribution in [1.82, 2.24) is 14.0 Å². The van der Waals surface area contributed by atoms with Gasteiger partial charge in [0.05, 0.1) is 30.8 Å². The van der Waals surface area contributed by atoms with Crippen molar-refractivity contribution in [1.29, 1.82) is 0 Å². The zero-order valence-electron chi connectivity index (χ0n) is 22.7. The molecule has 0 bridgehead atoms. The third-order valence-corrected chi connectivity index (χ3v) is 7.52. The lowest BCUT2D eigenvalue weighted by Gasteiger charge is -2.40. The molecule has 3 aromatic carbocycles. The van der Waals surface area contributed by atoms with E-state index in [1.165, 1.54) is 18.7 Å². The number of hydrogen-bond donors (Lipinski definition) is 1. The lowest BCUT2D eigenvalue weighted by molar-refractivity contribution is 0.0600. The predicted molar refractivity (Wildman–Crippen MR) is 156 cm³/mol. The largest absolute Gasteiger partial charge is 0.465 e. The molecule has 4 aromatic rings. The Hall–Kier alpha value is -4.63. The second-order valence-corrected chi connectivity index (χ2v) is 9.89. The van der Waals surface area contributed by atoms with E-state index in [9.17, 15) is 14.4 Å². The maximum Gasteiger partial charge on any atom is 0.337 e. The smallest absolute Gasteiger partial charge is 0.337 e. The third-order valence-electron chi connectivity index (χ3n) is 7.52. The molecule has 1 aliphatic rings. The highest BCUT2D eigenvalue weighted by Gasteiger charge is 2.32. The van der Waals surface area contributed by atoms with Gasteiger partial charge in [-0.05, 0) is 35.4 Å². The fourth-order valence-corrected chi connectivity index (χ4v) is 5.34. The third kappa shape index (κ3) is 5.28. The van der Waals surface area contributed by atoms with Gasteiger partial charge in [-0.1, -0.05) is 60.7 Å². The molecule has 2 N–H and O–H groups in total. The van der Waals surface area contributed by atoms with Crippen LogP contribution in [0.15, 0.2) is 94.5 Å². The number of nitrogen functional groups attached to an aromatic ring is 1. The molecule has 1 fully saturated rings. The Kier molecular flexibility index (Phi) is 7.84. The summed E-state index contributed by atoms with van der Waals surface area (Å²) in [6.45, 7) is 3.08. The van der Waals surface area contributed by atoms with Crippen LogP contribution in [0.25, 0.3) is 0 Å². The summed E-state index contributed by atoms with van der Waals surface area (Å²) in [5, 5.41) is 0. The maximum absolute atomic E-state index is 13.7. The van der Waals surface area contributed by atoms with Gasteiger partial charge in [0.15, 0.2) is 0 Å². The first kappa shape index (κ1) is 27.0. The molecule has 2 heterocycles. The van der Waals surface area contributed by atoms with Crippen molar-refractivity contribution in [3.63, 3.8) is 0 Å². The van der Waals surface area contributed by atoms with Crippen LogP contribution >= 0.6 is 0 Å². The van der Waals surface area contributed by atoms with Crippen molar-refractivity contribution < 1.29 is 9.53 Å². The first-order valence-corrected chi connectivity index (χ1v) is 13.2. The monoisotopic (exact) mass is 539 g/mol. The van der Waals surface area contributed by atoms with Gasteiger partial charge in [-0.15, -0.1) is 0 Å². The topological polar surface area (TPSA) is 103 Å². The standard InChI is InChI=1S/C31H33N5O4/c1-33-29(37)26(28(32)36(31(33)39)21-22-9-5-3-6-10-22)27(23-13-15-24(16-14-23)30(38)40-2)35-19-17-34(18-20-35)25-11-7-4-8-12-25/h3-16,27H,17-21,32H2,1-2H3/t27-/m0/s1. The van der Waals surface area contributed by atoms with Gasteiger partial charge in [0, 0.05) is 38.9 Å². The first-order chi connectivity index (χ1) is 19.4. The van der Waals surface area contributed by atoms with E-state index >= 15 is 0 Å². The minimum absolute atomic E-state index is 0.143. The van der Waals surface area contributed by atoms with Crippen molar-refractivity contribution >= 4 is 17.5 Å². The van der Waals surface area contributed by atoms with E-state index in [0.717, 1.165) is 34.5 Å². The van der Waals surface area contributed by atoms with Crippen molar-refractivity contribution in [2.75, 3.05) is 43.9 Å². The summed E-state index contributed by atoms with van der Waals surface area (Å²) in [7, 11) is 2.82. The number of piperazine rings is 1. The van der Waals surface area contributed by atoms with Gasteiger partial charge in [-0.3, -0.25) is 18.8 Å². The molecule has 0 radical (unpaired) electrons. The second kappa shape index (κ2) is 11.6. The lowest BCUT2D eigenvalue weighted by atomic mass is 9.96. The number of nitrogens with two attached hydrogens (primary N) is 1. The van der Waals surface area contributed by atoms with Gasteiger partial charge >= 0.3 is 11.7 Å². The molecule has 1 atom stereocenters. The van der Waals surface area contributed by atoms with Gasteiger partial charge < -0.3 is 15.4 Å². The average molecular weight is 540 g/mol.